The Morgan fingerprint density at radius 1 is 0.571 bits per heavy atom. The van der Waals surface area contributed by atoms with E-state index in [1.54, 1.807) is 0 Å². The normalized spacial score (nSPS) is 11.8. The van der Waals surface area contributed by atoms with Crippen molar-refractivity contribution >= 4 is 0 Å². The fourth-order valence-electron chi connectivity index (χ4n) is 2.77. The lowest BCUT2D eigenvalue weighted by atomic mass is 10.1. The van der Waals surface area contributed by atoms with Crippen LogP contribution in [0.2, 0.25) is 0 Å². The Balaban J connectivity index is 3.15. The molecule has 0 amide bonds. The molecule has 0 spiro atoms. The van der Waals surface area contributed by atoms with Crippen molar-refractivity contribution < 1.29 is 0 Å². The van der Waals surface area contributed by atoms with Crippen molar-refractivity contribution in [1.82, 2.24) is 4.90 Å². The van der Waals surface area contributed by atoms with Crippen molar-refractivity contribution in [3.05, 3.63) is 12.2 Å². The molecule has 21 heavy (non-hydrogen) atoms. The summed E-state index contributed by atoms with van der Waals surface area (Å²) in [6.45, 7) is 10.5. The van der Waals surface area contributed by atoms with Crippen molar-refractivity contribution in [1.29, 1.82) is 0 Å². The van der Waals surface area contributed by atoms with Crippen LogP contribution in [-0.2, 0) is 0 Å². The van der Waals surface area contributed by atoms with Crippen molar-refractivity contribution in [2.45, 2.75) is 97.8 Å². The lowest BCUT2D eigenvalue weighted by Gasteiger charge is -2.17. The average molecular weight is 296 g/mol. The van der Waals surface area contributed by atoms with Gasteiger partial charge in [-0.25, -0.2) is 0 Å². The maximum absolute atomic E-state index is 2.53. The SMILES string of the molecule is CCCCCCCC/C=C/CCCCCCN(CC)CC. The Morgan fingerprint density at radius 2 is 1.05 bits per heavy atom. The Hall–Kier alpha value is -0.300. The maximum Gasteiger partial charge on any atom is -0.00190 e. The fourth-order valence-corrected chi connectivity index (χ4v) is 2.77. The van der Waals surface area contributed by atoms with Crippen LogP contribution in [0.3, 0.4) is 0 Å². The molecule has 0 saturated heterocycles. The van der Waals surface area contributed by atoms with E-state index < -0.39 is 0 Å². The van der Waals surface area contributed by atoms with Crippen LogP contribution in [0, 0.1) is 0 Å². The molecule has 0 aliphatic heterocycles. The van der Waals surface area contributed by atoms with Crippen LogP contribution in [0.15, 0.2) is 12.2 Å². The summed E-state index contributed by atoms with van der Waals surface area (Å²) in [7, 11) is 0. The zero-order chi connectivity index (χ0) is 15.6. The van der Waals surface area contributed by atoms with Crippen LogP contribution in [0.5, 0.6) is 0 Å². The molecule has 0 atom stereocenters. The first-order valence-corrected chi connectivity index (χ1v) is 9.72. The van der Waals surface area contributed by atoms with Crippen LogP contribution in [-0.4, -0.2) is 24.5 Å². The van der Waals surface area contributed by atoms with E-state index >= 15 is 0 Å². The molecule has 126 valence electrons. The van der Waals surface area contributed by atoms with Gasteiger partial charge in [0, 0.05) is 0 Å². The first kappa shape index (κ1) is 20.7. The number of allylic oxidation sites excluding steroid dienone is 2. The van der Waals surface area contributed by atoms with Crippen molar-refractivity contribution in [3.8, 4) is 0 Å². The number of hydrogen-bond donors (Lipinski definition) is 0. The second-order valence-corrected chi connectivity index (χ2v) is 6.26. The molecule has 0 rings (SSSR count). The lowest BCUT2D eigenvalue weighted by molar-refractivity contribution is 0.295. The van der Waals surface area contributed by atoms with Gasteiger partial charge in [0.25, 0.3) is 0 Å². The topological polar surface area (TPSA) is 3.24 Å². The lowest BCUT2D eigenvalue weighted by Crippen LogP contribution is -2.23. The molecule has 0 N–H and O–H groups in total. The van der Waals surface area contributed by atoms with Crippen LogP contribution in [0.4, 0.5) is 0 Å². The van der Waals surface area contributed by atoms with Gasteiger partial charge < -0.3 is 4.90 Å². The van der Waals surface area contributed by atoms with Gasteiger partial charge in [-0.1, -0.05) is 77.9 Å². The van der Waals surface area contributed by atoms with Gasteiger partial charge in [-0.2, -0.15) is 0 Å². The van der Waals surface area contributed by atoms with Gasteiger partial charge in [-0.15, -0.1) is 0 Å². The molecular weight excluding hydrogens is 254 g/mol. The van der Waals surface area contributed by atoms with Gasteiger partial charge in [0.05, 0.1) is 0 Å². The predicted molar refractivity (Wildman–Crippen MR) is 98.0 cm³/mol. The second-order valence-electron chi connectivity index (χ2n) is 6.26. The van der Waals surface area contributed by atoms with E-state index in [-0.39, 0.29) is 0 Å². The Kier molecular flexibility index (Phi) is 17.5. The van der Waals surface area contributed by atoms with Crippen LogP contribution < -0.4 is 0 Å². The molecule has 0 bridgehead atoms. The van der Waals surface area contributed by atoms with E-state index in [0.717, 1.165) is 0 Å². The van der Waals surface area contributed by atoms with Gasteiger partial charge in [0.1, 0.15) is 0 Å². The summed E-state index contributed by atoms with van der Waals surface area (Å²) in [6, 6.07) is 0. The molecule has 0 aliphatic carbocycles. The van der Waals surface area contributed by atoms with Crippen molar-refractivity contribution in [2.75, 3.05) is 19.6 Å². The Morgan fingerprint density at radius 3 is 1.57 bits per heavy atom. The van der Waals surface area contributed by atoms with Gasteiger partial charge in [-0.05, 0) is 51.7 Å². The summed E-state index contributed by atoms with van der Waals surface area (Å²) in [5.74, 6) is 0. The monoisotopic (exact) mass is 295 g/mol. The summed E-state index contributed by atoms with van der Waals surface area (Å²) < 4.78 is 0. The Bertz CT molecular complexity index is 206. The number of nitrogens with zero attached hydrogens (tertiary/aromatic N) is 1. The van der Waals surface area contributed by atoms with Gasteiger partial charge in [0.2, 0.25) is 0 Å². The summed E-state index contributed by atoms with van der Waals surface area (Å²) in [4.78, 5) is 2.53. The van der Waals surface area contributed by atoms with Crippen molar-refractivity contribution in [3.63, 3.8) is 0 Å². The van der Waals surface area contributed by atoms with Gasteiger partial charge in [-0.3, -0.25) is 0 Å². The molecule has 1 nitrogen and oxygen atoms in total. The second kappa shape index (κ2) is 17.8. The first-order valence-electron chi connectivity index (χ1n) is 9.72. The third-order valence-corrected chi connectivity index (χ3v) is 4.38. The average Bonchev–Trinajstić information content (AvgIpc) is 2.51. The van der Waals surface area contributed by atoms with Gasteiger partial charge in [0.15, 0.2) is 0 Å². The summed E-state index contributed by atoms with van der Waals surface area (Å²) in [5.41, 5.74) is 0. The molecule has 0 aliphatic rings. The van der Waals surface area contributed by atoms with E-state index in [0.29, 0.717) is 0 Å². The van der Waals surface area contributed by atoms with Crippen LogP contribution >= 0.6 is 0 Å². The quantitative estimate of drug-likeness (QED) is 0.229. The standard InChI is InChI=1S/C20H41N/c1-4-7-8-9-10-11-12-13-14-15-16-17-18-19-20-21(5-2)6-3/h13-14H,4-12,15-20H2,1-3H3/b14-13+. The summed E-state index contributed by atoms with van der Waals surface area (Å²) in [6.07, 6.45) is 21.5. The van der Waals surface area contributed by atoms with E-state index in [1.165, 1.54) is 96.7 Å². The highest BCUT2D eigenvalue weighted by Gasteiger charge is 1.97. The van der Waals surface area contributed by atoms with E-state index in [1.807, 2.05) is 0 Å². The smallest absolute Gasteiger partial charge is 0.00190 e. The van der Waals surface area contributed by atoms with Crippen LogP contribution in [0.1, 0.15) is 97.8 Å². The molecule has 0 saturated carbocycles. The fraction of sp³-hybridized carbons (Fsp3) is 0.900. The van der Waals surface area contributed by atoms with E-state index in [4.69, 9.17) is 0 Å². The minimum atomic E-state index is 1.21. The molecule has 0 aromatic heterocycles. The van der Waals surface area contributed by atoms with Crippen molar-refractivity contribution in [2.24, 2.45) is 0 Å². The largest absolute Gasteiger partial charge is 0.304 e. The molecule has 0 fully saturated rings. The number of unbranched alkanes of at least 4 members (excludes halogenated alkanes) is 10. The molecule has 0 radical (unpaired) electrons. The molecule has 1 heteroatoms. The molecule has 0 unspecified atom stereocenters. The minimum absolute atomic E-state index is 1.21. The third kappa shape index (κ3) is 15.9. The minimum Gasteiger partial charge on any atom is -0.304 e. The zero-order valence-corrected chi connectivity index (χ0v) is 15.2. The molecular formula is C20H41N. The summed E-state index contributed by atoms with van der Waals surface area (Å²) in [5, 5.41) is 0. The highest BCUT2D eigenvalue weighted by atomic mass is 15.1. The molecule has 0 aromatic carbocycles. The van der Waals surface area contributed by atoms with Crippen LogP contribution in [0.25, 0.3) is 0 Å². The Labute approximate surface area is 135 Å². The highest BCUT2D eigenvalue weighted by Crippen LogP contribution is 2.08. The number of rotatable bonds is 16. The summed E-state index contributed by atoms with van der Waals surface area (Å²) >= 11 is 0. The first-order chi connectivity index (χ1) is 10.3. The number of hydrogen-bond acceptors (Lipinski definition) is 1. The van der Waals surface area contributed by atoms with E-state index in [2.05, 4.69) is 37.8 Å². The van der Waals surface area contributed by atoms with Gasteiger partial charge >= 0.3 is 0 Å². The third-order valence-electron chi connectivity index (χ3n) is 4.38. The predicted octanol–water partition coefficient (Wildman–Crippen LogP) is 6.59. The zero-order valence-electron chi connectivity index (χ0n) is 15.2. The molecule has 0 aromatic rings. The highest BCUT2D eigenvalue weighted by molar-refractivity contribution is 4.81. The van der Waals surface area contributed by atoms with E-state index in [9.17, 15) is 0 Å². The maximum atomic E-state index is 2.53. The molecule has 0 heterocycles.